The van der Waals surface area contributed by atoms with Crippen LogP contribution in [0.3, 0.4) is 0 Å². The molecular formula is C23H17NO2. The Balaban J connectivity index is 1.79. The quantitative estimate of drug-likeness (QED) is 0.742. The number of carbonyl (C=O) groups excluding carboxylic acids is 1. The minimum Gasteiger partial charge on any atom is -0.366 e. The predicted octanol–water partition coefficient (Wildman–Crippen LogP) is 3.47. The van der Waals surface area contributed by atoms with E-state index in [4.69, 9.17) is 6.54 Å². The summed E-state index contributed by atoms with van der Waals surface area (Å²) in [6.07, 6.45) is 0. The Hall–Kier alpha value is -3.35. The van der Waals surface area contributed by atoms with Crippen LogP contribution in [-0.2, 0) is 16.9 Å². The lowest BCUT2D eigenvalue weighted by molar-refractivity contribution is -0.130. The van der Waals surface area contributed by atoms with Crippen LogP contribution in [0.25, 0.3) is 0 Å². The van der Waals surface area contributed by atoms with E-state index in [0.717, 1.165) is 16.8 Å². The molecule has 0 saturated heterocycles. The van der Waals surface area contributed by atoms with Crippen LogP contribution in [0.4, 0.5) is 5.69 Å². The number of amides is 1. The molecule has 0 aliphatic carbocycles. The molecule has 1 aliphatic rings. The third-order valence-electron chi connectivity index (χ3n) is 4.46. The van der Waals surface area contributed by atoms with Gasteiger partial charge in [0, 0.05) is 11.1 Å². The molecule has 1 amide bonds. The molecule has 0 aromatic heterocycles. The number of nitrogens with zero attached hydrogens (tertiary/aromatic N) is 1. The van der Waals surface area contributed by atoms with Gasteiger partial charge >= 0.3 is 0 Å². The molecule has 3 aromatic rings. The Kier molecular flexibility index (Phi) is 3.74. The summed E-state index contributed by atoms with van der Waals surface area (Å²) in [6, 6.07) is 26.5. The van der Waals surface area contributed by atoms with Crippen molar-refractivity contribution in [3.63, 3.8) is 0 Å². The standard InChI is InChI=1S/C23H17NO2/c25-22-23(26,16-15-18-9-3-1-4-10-18)20-13-7-8-14-21(20)24(22)17-19-11-5-2-6-12-19/h1-14,26H,17H2/i26D. The molecule has 1 unspecified atom stereocenters. The van der Waals surface area contributed by atoms with Crippen molar-refractivity contribution < 1.29 is 9.90 Å². The summed E-state index contributed by atoms with van der Waals surface area (Å²) in [5.41, 5.74) is 1.46. The molecule has 3 aromatic carbocycles. The predicted molar refractivity (Wildman–Crippen MR) is 101 cm³/mol. The van der Waals surface area contributed by atoms with Crippen LogP contribution in [0.1, 0.15) is 16.7 Å². The molecule has 0 fully saturated rings. The minimum absolute atomic E-state index is 0.342. The van der Waals surface area contributed by atoms with Crippen LogP contribution in [0.15, 0.2) is 84.9 Å². The third-order valence-corrected chi connectivity index (χ3v) is 4.46. The fourth-order valence-corrected chi connectivity index (χ4v) is 3.15. The smallest absolute Gasteiger partial charge is 0.276 e. The molecule has 1 aliphatic heterocycles. The van der Waals surface area contributed by atoms with Gasteiger partial charge in [0.1, 0.15) is 0 Å². The van der Waals surface area contributed by atoms with Gasteiger partial charge in [-0.2, -0.15) is 0 Å². The fraction of sp³-hybridized carbons (Fsp3) is 0.0870. The second-order valence-corrected chi connectivity index (χ2v) is 6.19. The lowest BCUT2D eigenvalue weighted by atomic mass is 9.95. The van der Waals surface area contributed by atoms with E-state index in [0.29, 0.717) is 12.1 Å². The first-order valence-corrected chi connectivity index (χ1v) is 8.42. The first-order valence-electron chi connectivity index (χ1n) is 8.83. The maximum absolute atomic E-state index is 13.3. The number of para-hydroxylation sites is 1. The number of benzene rings is 3. The number of carbonyl (C=O) groups is 1. The number of anilines is 1. The summed E-state index contributed by atoms with van der Waals surface area (Å²) >= 11 is 0. The molecule has 1 heterocycles. The molecule has 3 heteroatoms. The summed E-state index contributed by atoms with van der Waals surface area (Å²) in [6.45, 7) is 0.398. The molecule has 3 nitrogen and oxygen atoms in total. The lowest BCUT2D eigenvalue weighted by Crippen LogP contribution is -2.39. The fourth-order valence-electron chi connectivity index (χ4n) is 3.15. The third kappa shape index (κ3) is 2.77. The Bertz CT molecular complexity index is 1020. The van der Waals surface area contributed by atoms with Crippen molar-refractivity contribution in [3.8, 4) is 11.8 Å². The van der Waals surface area contributed by atoms with Gasteiger partial charge in [0.15, 0.2) is 0 Å². The molecule has 0 bridgehead atoms. The first-order chi connectivity index (χ1) is 13.2. The molecule has 0 radical (unpaired) electrons. The van der Waals surface area contributed by atoms with Crippen molar-refractivity contribution >= 4 is 11.6 Å². The van der Waals surface area contributed by atoms with Gasteiger partial charge in [-0.25, -0.2) is 0 Å². The van der Waals surface area contributed by atoms with Gasteiger partial charge in [-0.1, -0.05) is 72.7 Å². The highest BCUT2D eigenvalue weighted by Gasteiger charge is 2.48. The van der Waals surface area contributed by atoms with E-state index >= 15 is 0 Å². The number of fused-ring (bicyclic) bond motifs is 1. The zero-order chi connectivity index (χ0) is 18.7. The average Bonchev–Trinajstić information content (AvgIpc) is 2.97. The molecule has 4 rings (SSSR count). The lowest BCUT2D eigenvalue weighted by Gasteiger charge is -2.19. The van der Waals surface area contributed by atoms with E-state index in [1.165, 1.54) is 0 Å². The molecule has 126 valence electrons. The van der Waals surface area contributed by atoms with Gasteiger partial charge < -0.3 is 10.0 Å². The summed E-state index contributed by atoms with van der Waals surface area (Å²) < 4.78 is 7.69. The van der Waals surface area contributed by atoms with Crippen LogP contribution in [0.5, 0.6) is 0 Å². The van der Waals surface area contributed by atoms with E-state index < -0.39 is 5.60 Å². The maximum Gasteiger partial charge on any atom is 0.276 e. The molecule has 1 N–H and O–H groups in total. The summed E-state index contributed by atoms with van der Waals surface area (Å²) in [5.74, 6) is 5.58. The van der Waals surface area contributed by atoms with Gasteiger partial charge in [-0.3, -0.25) is 4.79 Å². The van der Waals surface area contributed by atoms with Crippen molar-refractivity contribution in [1.29, 1.82) is 1.43 Å². The minimum atomic E-state index is -1.62. The monoisotopic (exact) mass is 340 g/mol. The highest BCUT2D eigenvalue weighted by Crippen LogP contribution is 2.40. The molecule has 0 saturated carbocycles. The highest BCUT2D eigenvalue weighted by molar-refractivity contribution is 6.09. The Morgan fingerprint density at radius 3 is 2.31 bits per heavy atom. The van der Waals surface area contributed by atoms with Crippen molar-refractivity contribution in [3.05, 3.63) is 102 Å². The van der Waals surface area contributed by atoms with Crippen molar-refractivity contribution in [2.45, 2.75) is 12.1 Å². The zero-order valence-corrected chi connectivity index (χ0v) is 14.1. The topological polar surface area (TPSA) is 40.5 Å². The van der Waals surface area contributed by atoms with Gasteiger partial charge in [-0.15, -0.1) is 0 Å². The van der Waals surface area contributed by atoms with E-state index in [1.807, 2.05) is 78.9 Å². The van der Waals surface area contributed by atoms with Crippen LogP contribution in [0.2, 0.25) is 0 Å². The van der Waals surface area contributed by atoms with E-state index in [2.05, 4.69) is 11.8 Å². The number of aliphatic hydroxyl groups is 1. The summed E-state index contributed by atoms with van der Waals surface area (Å²) in [7, 11) is 0. The van der Waals surface area contributed by atoms with Crippen LogP contribution in [-0.4, -0.2) is 12.4 Å². The zero-order valence-electron chi connectivity index (χ0n) is 15.1. The molecule has 1 atom stereocenters. The van der Waals surface area contributed by atoms with Gasteiger partial charge in [-0.05, 0) is 29.7 Å². The largest absolute Gasteiger partial charge is 0.366 e. The van der Waals surface area contributed by atoms with Crippen molar-refractivity contribution in [1.82, 2.24) is 0 Å². The SMILES string of the molecule is [2H]OC1(C#Cc2ccccc2)C(=O)N(Cc2ccccc2)c2ccccc21. The normalized spacial score (nSPS) is 18.7. The second kappa shape index (κ2) is 6.51. The highest BCUT2D eigenvalue weighted by atomic mass is 16.3. The molecule has 26 heavy (non-hydrogen) atoms. The van der Waals surface area contributed by atoms with E-state index in [9.17, 15) is 4.79 Å². The summed E-state index contributed by atoms with van der Waals surface area (Å²) in [5, 5.41) is 5.01. The molecular weight excluding hydrogens is 322 g/mol. The Labute approximate surface area is 154 Å². The maximum atomic E-state index is 13.3. The number of hydrogen-bond acceptors (Lipinski definition) is 2. The van der Waals surface area contributed by atoms with Gasteiger partial charge in [0.05, 0.1) is 12.2 Å². The van der Waals surface area contributed by atoms with Crippen LogP contribution >= 0.6 is 0 Å². The summed E-state index contributed by atoms with van der Waals surface area (Å²) in [4.78, 5) is 15.0. The van der Waals surface area contributed by atoms with Gasteiger partial charge in [0.2, 0.25) is 7.03 Å². The van der Waals surface area contributed by atoms with Gasteiger partial charge in [0.25, 0.3) is 5.91 Å². The number of hydrogen-bond donors (Lipinski definition) is 1. The van der Waals surface area contributed by atoms with E-state index in [1.54, 1.807) is 11.0 Å². The first kappa shape index (κ1) is 14.9. The Morgan fingerprint density at radius 2 is 1.58 bits per heavy atom. The number of rotatable bonds is 3. The van der Waals surface area contributed by atoms with Crippen molar-refractivity contribution in [2.75, 3.05) is 4.90 Å². The van der Waals surface area contributed by atoms with E-state index in [-0.39, 0.29) is 5.91 Å². The van der Waals surface area contributed by atoms with Crippen molar-refractivity contribution in [2.24, 2.45) is 0 Å². The van der Waals surface area contributed by atoms with Crippen LogP contribution in [0, 0.1) is 11.8 Å². The van der Waals surface area contributed by atoms with Crippen LogP contribution < -0.4 is 4.90 Å². The molecule has 0 spiro atoms. The average molecular weight is 340 g/mol. The second-order valence-electron chi connectivity index (χ2n) is 6.19. The Morgan fingerprint density at radius 1 is 0.923 bits per heavy atom.